The van der Waals surface area contributed by atoms with E-state index in [1.807, 2.05) is 19.9 Å². The molecule has 0 aliphatic heterocycles. The standard InChI is InChI=1S/C11H17NO/c1-8-4-5-9(2)11(6-8)13-10(3)7-12/h4-6,10H,7,12H2,1-3H3. The van der Waals surface area contributed by atoms with Crippen molar-refractivity contribution in [3.63, 3.8) is 0 Å². The molecule has 1 aromatic rings. The molecule has 0 bridgehead atoms. The summed E-state index contributed by atoms with van der Waals surface area (Å²) in [5, 5.41) is 0. The van der Waals surface area contributed by atoms with Crippen molar-refractivity contribution in [2.75, 3.05) is 6.54 Å². The van der Waals surface area contributed by atoms with Gasteiger partial charge in [0.2, 0.25) is 0 Å². The minimum Gasteiger partial charge on any atom is -0.489 e. The molecule has 2 heteroatoms. The zero-order chi connectivity index (χ0) is 9.84. The van der Waals surface area contributed by atoms with E-state index >= 15 is 0 Å². The van der Waals surface area contributed by atoms with Crippen molar-refractivity contribution in [2.45, 2.75) is 26.9 Å². The van der Waals surface area contributed by atoms with Gasteiger partial charge in [-0.3, -0.25) is 0 Å². The highest BCUT2D eigenvalue weighted by Crippen LogP contribution is 2.19. The molecule has 2 N–H and O–H groups in total. The predicted octanol–water partition coefficient (Wildman–Crippen LogP) is 2.03. The highest BCUT2D eigenvalue weighted by atomic mass is 16.5. The van der Waals surface area contributed by atoms with Crippen LogP contribution < -0.4 is 10.5 Å². The number of rotatable bonds is 3. The van der Waals surface area contributed by atoms with E-state index < -0.39 is 0 Å². The summed E-state index contributed by atoms with van der Waals surface area (Å²) in [5.41, 5.74) is 7.85. The van der Waals surface area contributed by atoms with Crippen molar-refractivity contribution in [3.8, 4) is 5.75 Å². The third-order valence-corrected chi connectivity index (χ3v) is 2.00. The van der Waals surface area contributed by atoms with E-state index in [1.165, 1.54) is 5.56 Å². The summed E-state index contributed by atoms with van der Waals surface area (Å²) in [5.74, 6) is 0.943. The smallest absolute Gasteiger partial charge is 0.122 e. The normalized spacial score (nSPS) is 12.6. The molecule has 72 valence electrons. The molecule has 1 unspecified atom stereocenters. The molecular weight excluding hydrogens is 162 g/mol. The summed E-state index contributed by atoms with van der Waals surface area (Å²) in [6, 6.07) is 6.19. The van der Waals surface area contributed by atoms with E-state index in [0.29, 0.717) is 6.54 Å². The molecule has 0 spiro atoms. The second-order valence-corrected chi connectivity index (χ2v) is 3.43. The van der Waals surface area contributed by atoms with Crippen molar-refractivity contribution in [3.05, 3.63) is 29.3 Å². The summed E-state index contributed by atoms with van der Waals surface area (Å²) in [6.07, 6.45) is 0.0838. The van der Waals surface area contributed by atoms with Gasteiger partial charge in [0.1, 0.15) is 11.9 Å². The Kier molecular flexibility index (Phi) is 3.32. The van der Waals surface area contributed by atoms with Gasteiger partial charge < -0.3 is 10.5 Å². The van der Waals surface area contributed by atoms with Crippen molar-refractivity contribution in [1.82, 2.24) is 0 Å². The van der Waals surface area contributed by atoms with E-state index in [-0.39, 0.29) is 6.10 Å². The molecule has 0 aliphatic rings. The maximum Gasteiger partial charge on any atom is 0.122 e. The first-order valence-corrected chi connectivity index (χ1v) is 4.57. The Balaban J connectivity index is 2.81. The number of ether oxygens (including phenoxy) is 1. The first-order chi connectivity index (χ1) is 6.13. The first-order valence-electron chi connectivity index (χ1n) is 4.57. The number of aryl methyl sites for hydroxylation is 2. The molecule has 13 heavy (non-hydrogen) atoms. The Morgan fingerprint density at radius 2 is 2.08 bits per heavy atom. The lowest BCUT2D eigenvalue weighted by atomic mass is 10.1. The van der Waals surface area contributed by atoms with Gasteiger partial charge in [0.05, 0.1) is 0 Å². The van der Waals surface area contributed by atoms with E-state index in [0.717, 1.165) is 11.3 Å². The van der Waals surface area contributed by atoms with Gasteiger partial charge in [0.25, 0.3) is 0 Å². The minimum absolute atomic E-state index is 0.0838. The van der Waals surface area contributed by atoms with Crippen LogP contribution in [0.5, 0.6) is 5.75 Å². The molecule has 1 rings (SSSR count). The second kappa shape index (κ2) is 4.28. The summed E-state index contributed by atoms with van der Waals surface area (Å²) in [4.78, 5) is 0. The fourth-order valence-corrected chi connectivity index (χ4v) is 1.10. The van der Waals surface area contributed by atoms with Crippen LogP contribution in [0.4, 0.5) is 0 Å². The zero-order valence-corrected chi connectivity index (χ0v) is 8.50. The van der Waals surface area contributed by atoms with Crippen molar-refractivity contribution in [1.29, 1.82) is 0 Å². The fourth-order valence-electron chi connectivity index (χ4n) is 1.10. The quantitative estimate of drug-likeness (QED) is 0.770. The van der Waals surface area contributed by atoms with Gasteiger partial charge in [-0.1, -0.05) is 12.1 Å². The third-order valence-electron chi connectivity index (χ3n) is 2.00. The largest absolute Gasteiger partial charge is 0.489 e. The van der Waals surface area contributed by atoms with E-state index in [2.05, 4.69) is 19.1 Å². The highest BCUT2D eigenvalue weighted by Gasteiger charge is 2.03. The average Bonchev–Trinajstić information content (AvgIpc) is 2.11. The Bertz CT molecular complexity index is 283. The van der Waals surface area contributed by atoms with Gasteiger partial charge in [-0.05, 0) is 38.0 Å². The maximum absolute atomic E-state index is 5.65. The van der Waals surface area contributed by atoms with Crippen LogP contribution in [0.15, 0.2) is 18.2 Å². The van der Waals surface area contributed by atoms with Crippen molar-refractivity contribution in [2.24, 2.45) is 5.73 Å². The SMILES string of the molecule is Cc1ccc(C)c(OC(C)CN)c1. The lowest BCUT2D eigenvalue weighted by Gasteiger charge is -2.14. The molecule has 0 amide bonds. The van der Waals surface area contributed by atoms with Crippen LogP contribution in [0.3, 0.4) is 0 Å². The van der Waals surface area contributed by atoms with Gasteiger partial charge in [-0.2, -0.15) is 0 Å². The van der Waals surface area contributed by atoms with Crippen LogP contribution in [0.25, 0.3) is 0 Å². The van der Waals surface area contributed by atoms with Crippen LogP contribution in [0, 0.1) is 13.8 Å². The fraction of sp³-hybridized carbons (Fsp3) is 0.455. The van der Waals surface area contributed by atoms with Crippen LogP contribution in [0.2, 0.25) is 0 Å². The molecule has 1 atom stereocenters. The summed E-state index contributed by atoms with van der Waals surface area (Å²) >= 11 is 0. The van der Waals surface area contributed by atoms with Crippen LogP contribution in [0.1, 0.15) is 18.1 Å². The van der Waals surface area contributed by atoms with Crippen molar-refractivity contribution >= 4 is 0 Å². The number of hydrogen-bond acceptors (Lipinski definition) is 2. The topological polar surface area (TPSA) is 35.2 Å². The van der Waals surface area contributed by atoms with Crippen LogP contribution in [-0.2, 0) is 0 Å². The lowest BCUT2D eigenvalue weighted by Crippen LogP contribution is -2.23. The summed E-state index contributed by atoms with van der Waals surface area (Å²) < 4.78 is 5.65. The Hall–Kier alpha value is -1.02. The van der Waals surface area contributed by atoms with Gasteiger partial charge >= 0.3 is 0 Å². The molecular formula is C11H17NO. The van der Waals surface area contributed by atoms with Gasteiger partial charge in [0, 0.05) is 6.54 Å². The molecule has 0 aliphatic carbocycles. The number of benzene rings is 1. The van der Waals surface area contributed by atoms with E-state index in [1.54, 1.807) is 0 Å². The zero-order valence-electron chi connectivity index (χ0n) is 8.50. The van der Waals surface area contributed by atoms with Crippen LogP contribution >= 0.6 is 0 Å². The molecule has 1 aromatic carbocycles. The Morgan fingerprint density at radius 1 is 1.38 bits per heavy atom. The number of nitrogens with two attached hydrogens (primary N) is 1. The second-order valence-electron chi connectivity index (χ2n) is 3.43. The molecule has 0 saturated carbocycles. The monoisotopic (exact) mass is 179 g/mol. The van der Waals surface area contributed by atoms with E-state index in [4.69, 9.17) is 10.5 Å². The molecule has 0 aromatic heterocycles. The third kappa shape index (κ3) is 2.74. The molecule has 2 nitrogen and oxygen atoms in total. The van der Waals surface area contributed by atoms with Gasteiger partial charge in [-0.25, -0.2) is 0 Å². The maximum atomic E-state index is 5.65. The average molecular weight is 179 g/mol. The lowest BCUT2D eigenvalue weighted by molar-refractivity contribution is 0.228. The minimum atomic E-state index is 0.0838. The molecule has 0 radical (unpaired) electrons. The predicted molar refractivity (Wildman–Crippen MR) is 55.1 cm³/mol. The Morgan fingerprint density at radius 3 is 2.69 bits per heavy atom. The van der Waals surface area contributed by atoms with Crippen LogP contribution in [-0.4, -0.2) is 12.6 Å². The van der Waals surface area contributed by atoms with Gasteiger partial charge in [0.15, 0.2) is 0 Å². The molecule has 0 heterocycles. The summed E-state index contributed by atoms with van der Waals surface area (Å²) in [6.45, 7) is 6.62. The first kappa shape index (κ1) is 10.1. The molecule has 0 fully saturated rings. The van der Waals surface area contributed by atoms with E-state index in [9.17, 15) is 0 Å². The highest BCUT2D eigenvalue weighted by molar-refractivity contribution is 5.36. The number of hydrogen-bond donors (Lipinski definition) is 1. The Labute approximate surface area is 79.7 Å². The molecule has 0 saturated heterocycles. The summed E-state index contributed by atoms with van der Waals surface area (Å²) in [7, 11) is 0. The van der Waals surface area contributed by atoms with Gasteiger partial charge in [-0.15, -0.1) is 0 Å². The van der Waals surface area contributed by atoms with Crippen molar-refractivity contribution < 1.29 is 4.74 Å².